The third kappa shape index (κ3) is 2.09. The summed E-state index contributed by atoms with van der Waals surface area (Å²) in [5, 5.41) is 0. The normalized spacial score (nSPS) is 23.3. The molecule has 0 saturated heterocycles. The van der Waals surface area contributed by atoms with Crippen LogP contribution in [0, 0.1) is 0 Å². The van der Waals surface area contributed by atoms with Crippen molar-refractivity contribution in [3.8, 4) is 11.5 Å². The van der Waals surface area contributed by atoms with Crippen molar-refractivity contribution in [2.75, 3.05) is 27.6 Å². The van der Waals surface area contributed by atoms with E-state index in [4.69, 9.17) is 18.9 Å². The van der Waals surface area contributed by atoms with Gasteiger partial charge in [0.15, 0.2) is 17.3 Å². The molecule has 1 aromatic rings. The van der Waals surface area contributed by atoms with E-state index in [-0.39, 0.29) is 0 Å². The van der Waals surface area contributed by atoms with Crippen molar-refractivity contribution in [1.82, 2.24) is 4.90 Å². The predicted molar refractivity (Wildman–Crippen MR) is 96.8 cm³/mol. The van der Waals surface area contributed by atoms with Gasteiger partial charge >= 0.3 is 0 Å². The second-order valence-corrected chi connectivity index (χ2v) is 7.17. The summed E-state index contributed by atoms with van der Waals surface area (Å²) in [6, 6.07) is 4.21. The van der Waals surface area contributed by atoms with Crippen molar-refractivity contribution >= 4 is 0 Å². The molecular formula is C21H23NO4. The van der Waals surface area contributed by atoms with Gasteiger partial charge in [-0.15, -0.1) is 0 Å². The Morgan fingerprint density at radius 2 is 2.04 bits per heavy atom. The molecule has 0 aromatic heterocycles. The summed E-state index contributed by atoms with van der Waals surface area (Å²) < 4.78 is 22.5. The Bertz CT molecular complexity index is 880. The number of fused-ring (bicyclic) bond motifs is 3. The van der Waals surface area contributed by atoms with Gasteiger partial charge in [-0.1, -0.05) is 13.0 Å². The van der Waals surface area contributed by atoms with Crippen LogP contribution in [0.4, 0.5) is 0 Å². The minimum Gasteiger partial charge on any atom is -0.493 e. The molecule has 0 bridgehead atoms. The summed E-state index contributed by atoms with van der Waals surface area (Å²) in [4.78, 5) is 2.50. The van der Waals surface area contributed by atoms with E-state index >= 15 is 0 Å². The molecule has 136 valence electrons. The number of benzene rings is 1. The monoisotopic (exact) mass is 353 g/mol. The van der Waals surface area contributed by atoms with Crippen LogP contribution in [0.2, 0.25) is 0 Å². The largest absolute Gasteiger partial charge is 0.493 e. The van der Waals surface area contributed by atoms with E-state index < -0.39 is 0 Å². The van der Waals surface area contributed by atoms with Crippen LogP contribution in [0.3, 0.4) is 0 Å². The fraction of sp³-hybridized carbons (Fsp3) is 0.429. The maximum absolute atomic E-state index is 5.70. The van der Waals surface area contributed by atoms with Crippen LogP contribution in [0.1, 0.15) is 36.8 Å². The molecule has 5 nitrogen and oxygen atoms in total. The first-order valence-corrected chi connectivity index (χ1v) is 9.12. The average Bonchev–Trinajstić information content (AvgIpc) is 3.12. The molecule has 0 radical (unpaired) electrons. The summed E-state index contributed by atoms with van der Waals surface area (Å²) >= 11 is 0. The van der Waals surface area contributed by atoms with Gasteiger partial charge in [0.05, 0.1) is 14.2 Å². The van der Waals surface area contributed by atoms with Crippen LogP contribution in [0.15, 0.2) is 46.6 Å². The quantitative estimate of drug-likeness (QED) is 0.808. The van der Waals surface area contributed by atoms with Crippen molar-refractivity contribution in [2.24, 2.45) is 0 Å². The predicted octanol–water partition coefficient (Wildman–Crippen LogP) is 3.83. The van der Waals surface area contributed by atoms with Gasteiger partial charge in [-0.2, -0.15) is 0 Å². The number of methoxy groups -OCH3 is 2. The lowest BCUT2D eigenvalue weighted by Crippen LogP contribution is -2.36. The molecule has 5 rings (SSSR count). The maximum Gasteiger partial charge on any atom is 0.230 e. The second-order valence-electron chi connectivity index (χ2n) is 7.17. The standard InChI is InChI=1S/C21H23NO4/c1-12-14-4-5-17(23-2)21(24-3)16(14)10-22-7-6-13-8-18-19(26-11-25-18)9-15(13)20(12)22/h4-5,8,12H,6-7,9-11H2,1-3H3/t12-/m1/s1. The molecule has 3 aliphatic heterocycles. The number of allylic oxidation sites excluding steroid dienone is 3. The molecule has 0 amide bonds. The highest BCUT2D eigenvalue weighted by molar-refractivity contribution is 5.58. The lowest BCUT2D eigenvalue weighted by Gasteiger charge is -2.43. The van der Waals surface area contributed by atoms with Gasteiger partial charge in [-0.05, 0) is 35.3 Å². The summed E-state index contributed by atoms with van der Waals surface area (Å²) in [5.41, 5.74) is 6.80. The molecule has 0 N–H and O–H groups in total. The minimum atomic E-state index is 0.307. The molecule has 0 unspecified atom stereocenters. The SMILES string of the molecule is COc1ccc2c(c1OC)CN1CCC3=CC4=C(CC3=C1[C@@H]2C)OCO4. The third-order valence-electron chi connectivity index (χ3n) is 5.96. The first-order chi connectivity index (χ1) is 12.7. The zero-order valence-corrected chi connectivity index (χ0v) is 15.4. The Labute approximate surface area is 153 Å². The van der Waals surface area contributed by atoms with Gasteiger partial charge in [-0.25, -0.2) is 0 Å². The molecule has 1 aromatic carbocycles. The Morgan fingerprint density at radius 3 is 2.85 bits per heavy atom. The van der Waals surface area contributed by atoms with Crippen LogP contribution in [-0.4, -0.2) is 32.5 Å². The second kappa shape index (κ2) is 5.73. The number of nitrogens with zero attached hydrogens (tertiary/aromatic N) is 1. The average molecular weight is 353 g/mol. The van der Waals surface area contributed by atoms with Crippen LogP contribution in [-0.2, 0) is 16.0 Å². The highest BCUT2D eigenvalue weighted by atomic mass is 16.7. The van der Waals surface area contributed by atoms with Gasteiger partial charge in [-0.3, -0.25) is 0 Å². The highest BCUT2D eigenvalue weighted by Gasteiger charge is 2.37. The first-order valence-electron chi connectivity index (χ1n) is 9.12. The molecule has 0 spiro atoms. The maximum atomic E-state index is 5.70. The van der Waals surface area contributed by atoms with Gasteiger partial charge in [0.2, 0.25) is 6.79 Å². The Morgan fingerprint density at radius 1 is 1.15 bits per heavy atom. The number of hydrogen-bond acceptors (Lipinski definition) is 5. The van der Waals surface area contributed by atoms with Gasteiger partial charge < -0.3 is 23.8 Å². The molecule has 5 heteroatoms. The Hall–Kier alpha value is -2.56. The van der Waals surface area contributed by atoms with E-state index in [1.54, 1.807) is 14.2 Å². The molecule has 1 atom stereocenters. The van der Waals surface area contributed by atoms with Crippen molar-refractivity contribution in [3.63, 3.8) is 0 Å². The zero-order chi connectivity index (χ0) is 17.8. The van der Waals surface area contributed by atoms with Crippen LogP contribution in [0.25, 0.3) is 0 Å². The van der Waals surface area contributed by atoms with Crippen molar-refractivity contribution in [3.05, 3.63) is 57.7 Å². The topological polar surface area (TPSA) is 40.2 Å². The number of rotatable bonds is 2. The molecule has 26 heavy (non-hydrogen) atoms. The molecule has 4 aliphatic rings. The van der Waals surface area contributed by atoms with Crippen LogP contribution < -0.4 is 9.47 Å². The van der Waals surface area contributed by atoms with Gasteiger partial charge in [0.1, 0.15) is 5.76 Å². The van der Waals surface area contributed by atoms with E-state index in [0.717, 1.165) is 48.9 Å². The summed E-state index contributed by atoms with van der Waals surface area (Å²) in [5.74, 6) is 3.87. The minimum absolute atomic E-state index is 0.307. The zero-order valence-electron chi connectivity index (χ0n) is 15.4. The molecule has 0 saturated carbocycles. The number of hydrogen-bond donors (Lipinski definition) is 0. The molecular weight excluding hydrogens is 330 g/mol. The summed E-state index contributed by atoms with van der Waals surface area (Å²) in [6.45, 7) is 4.50. The molecule has 3 heterocycles. The lowest BCUT2D eigenvalue weighted by atomic mass is 9.79. The molecule has 0 fully saturated rings. The van der Waals surface area contributed by atoms with Crippen molar-refractivity contribution in [1.29, 1.82) is 0 Å². The van der Waals surface area contributed by atoms with Crippen LogP contribution in [0.5, 0.6) is 11.5 Å². The van der Waals surface area contributed by atoms with Crippen molar-refractivity contribution in [2.45, 2.75) is 32.2 Å². The number of ether oxygens (including phenoxy) is 4. The first kappa shape index (κ1) is 15.7. The Balaban J connectivity index is 1.63. The van der Waals surface area contributed by atoms with E-state index in [0.29, 0.717) is 12.7 Å². The summed E-state index contributed by atoms with van der Waals surface area (Å²) in [6.07, 6.45) is 4.05. The van der Waals surface area contributed by atoms with Gasteiger partial charge in [0, 0.05) is 36.7 Å². The van der Waals surface area contributed by atoms with E-state index in [2.05, 4.69) is 24.0 Å². The van der Waals surface area contributed by atoms with Gasteiger partial charge in [0.25, 0.3) is 0 Å². The highest BCUT2D eigenvalue weighted by Crippen LogP contribution is 2.49. The molecule has 1 aliphatic carbocycles. The van der Waals surface area contributed by atoms with E-state index in [1.807, 2.05) is 6.07 Å². The smallest absolute Gasteiger partial charge is 0.230 e. The summed E-state index contributed by atoms with van der Waals surface area (Å²) in [7, 11) is 3.42. The van der Waals surface area contributed by atoms with Crippen LogP contribution >= 0.6 is 0 Å². The Kier molecular flexibility index (Phi) is 3.45. The fourth-order valence-electron chi connectivity index (χ4n) is 4.75. The van der Waals surface area contributed by atoms with E-state index in [9.17, 15) is 0 Å². The third-order valence-corrected chi connectivity index (χ3v) is 5.96. The lowest BCUT2D eigenvalue weighted by molar-refractivity contribution is 0.0735. The van der Waals surface area contributed by atoms with Crippen molar-refractivity contribution < 1.29 is 18.9 Å². The fourth-order valence-corrected chi connectivity index (χ4v) is 4.75. The van der Waals surface area contributed by atoms with E-state index in [1.165, 1.54) is 28.0 Å².